The minimum Gasteiger partial charge on any atom is -0.348 e. The van der Waals surface area contributed by atoms with Crippen LogP contribution in [0.25, 0.3) is 17.7 Å². The Morgan fingerprint density at radius 2 is 1.93 bits per heavy atom. The third-order valence-electron chi connectivity index (χ3n) is 6.20. The summed E-state index contributed by atoms with van der Waals surface area (Å²) in [5.74, 6) is -3.79. The van der Waals surface area contributed by atoms with E-state index < -0.39 is 34.8 Å². The maximum atomic E-state index is 15.0. The van der Waals surface area contributed by atoms with Crippen LogP contribution in [-0.4, -0.2) is 37.9 Å². The number of fused-ring (bicyclic) bond motifs is 1. The molecule has 12 heteroatoms. The smallest absolute Gasteiger partial charge is 0.266 e. The lowest BCUT2D eigenvalue weighted by atomic mass is 10.0. The highest BCUT2D eigenvalue weighted by atomic mass is 19.2. The summed E-state index contributed by atoms with van der Waals surface area (Å²) in [5.41, 5.74) is 1.78. The molecular weight excluding hydrogens is 525 g/mol. The first-order valence-corrected chi connectivity index (χ1v) is 12.0. The molecule has 0 aliphatic carbocycles. The summed E-state index contributed by atoms with van der Waals surface area (Å²) in [6.45, 7) is 1.66. The summed E-state index contributed by atoms with van der Waals surface area (Å²) in [6, 6.07) is 6.11. The second-order valence-electron chi connectivity index (χ2n) is 8.94. The number of rotatable bonds is 7. The number of carbonyl (C=O) groups is 2. The number of imidazole rings is 1. The van der Waals surface area contributed by atoms with Crippen LogP contribution in [-0.2, 0) is 11.3 Å². The molecule has 0 fully saturated rings. The minimum atomic E-state index is -1.05. The average molecular weight is 547 g/mol. The summed E-state index contributed by atoms with van der Waals surface area (Å²) in [5, 5.41) is 5.21. The van der Waals surface area contributed by atoms with Crippen LogP contribution in [0.2, 0.25) is 0 Å². The lowest BCUT2D eigenvalue weighted by Gasteiger charge is -2.08. The number of aryl methyl sites for hydroxylation is 1. The van der Waals surface area contributed by atoms with Gasteiger partial charge in [-0.15, -0.1) is 0 Å². The van der Waals surface area contributed by atoms with Gasteiger partial charge in [-0.2, -0.15) is 0 Å². The highest BCUT2D eigenvalue weighted by Crippen LogP contribution is 2.36. The van der Waals surface area contributed by atoms with Gasteiger partial charge < -0.3 is 15.6 Å². The molecule has 4 aromatic rings. The second-order valence-corrected chi connectivity index (χ2v) is 8.94. The number of aromatic nitrogens is 4. The normalized spacial score (nSPS) is 13.6. The number of hydrogen-bond acceptors (Lipinski definition) is 5. The number of nitrogens with zero attached hydrogens (tertiary/aromatic N) is 3. The van der Waals surface area contributed by atoms with Gasteiger partial charge >= 0.3 is 0 Å². The lowest BCUT2D eigenvalue weighted by molar-refractivity contribution is -0.110. The van der Waals surface area contributed by atoms with E-state index in [0.717, 1.165) is 22.9 Å². The molecule has 1 aliphatic rings. The van der Waals surface area contributed by atoms with Crippen LogP contribution in [0.15, 0.2) is 60.1 Å². The Labute approximate surface area is 225 Å². The van der Waals surface area contributed by atoms with Gasteiger partial charge in [0.1, 0.15) is 11.4 Å². The number of halogens is 3. The summed E-state index contributed by atoms with van der Waals surface area (Å²) < 4.78 is 42.8. The topological polar surface area (TPSA) is 122 Å². The molecule has 3 N–H and O–H groups in total. The molecule has 40 heavy (non-hydrogen) atoms. The zero-order chi connectivity index (χ0) is 28.4. The van der Waals surface area contributed by atoms with Crippen molar-refractivity contribution in [3.8, 4) is 0 Å². The number of H-pyrrole nitrogens is 1. The molecule has 0 spiro atoms. The van der Waals surface area contributed by atoms with Crippen molar-refractivity contribution in [2.45, 2.75) is 13.5 Å². The first-order valence-electron chi connectivity index (χ1n) is 12.0. The van der Waals surface area contributed by atoms with Gasteiger partial charge in [0.25, 0.3) is 17.4 Å². The van der Waals surface area contributed by atoms with E-state index in [2.05, 4.69) is 25.6 Å². The molecular formula is C28H21F3N6O3. The van der Waals surface area contributed by atoms with E-state index in [1.54, 1.807) is 31.2 Å². The quantitative estimate of drug-likeness (QED) is 0.306. The van der Waals surface area contributed by atoms with Crippen LogP contribution < -0.4 is 16.2 Å². The molecule has 0 radical (unpaired) electrons. The average Bonchev–Trinajstić information content (AvgIpc) is 3.47. The van der Waals surface area contributed by atoms with Crippen molar-refractivity contribution in [1.82, 2.24) is 24.8 Å². The Hall–Kier alpha value is -5.26. The number of hydrogen-bond donors (Lipinski definition) is 3. The number of anilines is 1. The van der Waals surface area contributed by atoms with Gasteiger partial charge in [0, 0.05) is 18.3 Å². The molecule has 9 nitrogen and oxygen atoms in total. The predicted molar refractivity (Wildman–Crippen MR) is 142 cm³/mol. The standard InChI is InChI=1S/C28H21F3N6O3/c1-15-23(35-13-34-15)10-18-25-22(31)7-16(9-24(25)36-27(18)39)3-2-6-33-26(38)19-11-32-14-37(28(19)40)12-17-4-5-20(29)21(30)8-17/h2-5,7-11,13-14H,6,12H2,1H3,(H,33,38)(H,34,35)(H,36,39)/b3-2+,18-10-. The highest BCUT2D eigenvalue weighted by Gasteiger charge is 2.28. The predicted octanol–water partition coefficient (Wildman–Crippen LogP) is 3.68. The first-order chi connectivity index (χ1) is 19.2. The molecule has 0 bridgehead atoms. The summed E-state index contributed by atoms with van der Waals surface area (Å²) in [4.78, 5) is 48.7. The molecule has 0 atom stereocenters. The van der Waals surface area contributed by atoms with Crippen molar-refractivity contribution < 1.29 is 22.8 Å². The van der Waals surface area contributed by atoms with E-state index in [1.807, 2.05) is 0 Å². The molecule has 0 saturated carbocycles. The van der Waals surface area contributed by atoms with E-state index in [-0.39, 0.29) is 29.8 Å². The molecule has 3 heterocycles. The maximum absolute atomic E-state index is 15.0. The van der Waals surface area contributed by atoms with Crippen LogP contribution in [0, 0.1) is 24.4 Å². The van der Waals surface area contributed by atoms with Gasteiger partial charge in [-0.3, -0.25) is 19.0 Å². The van der Waals surface area contributed by atoms with Gasteiger partial charge in [-0.05, 0) is 48.4 Å². The Bertz CT molecular complexity index is 1770. The van der Waals surface area contributed by atoms with Gasteiger partial charge in [-0.25, -0.2) is 23.1 Å². The lowest BCUT2D eigenvalue weighted by Crippen LogP contribution is -2.33. The van der Waals surface area contributed by atoms with E-state index in [9.17, 15) is 27.6 Å². The maximum Gasteiger partial charge on any atom is 0.266 e. The number of benzene rings is 2. The Morgan fingerprint density at radius 1 is 1.10 bits per heavy atom. The number of carbonyl (C=O) groups excluding carboxylic acids is 2. The number of nitrogens with one attached hydrogen (secondary N) is 3. The van der Waals surface area contributed by atoms with Crippen LogP contribution in [0.1, 0.15) is 38.4 Å². The molecule has 0 unspecified atom stereocenters. The largest absolute Gasteiger partial charge is 0.348 e. The molecule has 0 saturated heterocycles. The zero-order valence-electron chi connectivity index (χ0n) is 21.0. The summed E-state index contributed by atoms with van der Waals surface area (Å²) in [7, 11) is 0. The van der Waals surface area contributed by atoms with Crippen LogP contribution in [0.4, 0.5) is 18.9 Å². The third-order valence-corrected chi connectivity index (χ3v) is 6.20. The van der Waals surface area contributed by atoms with E-state index in [4.69, 9.17) is 0 Å². The van der Waals surface area contributed by atoms with Gasteiger partial charge in [0.2, 0.25) is 0 Å². The van der Waals surface area contributed by atoms with Gasteiger partial charge in [0.05, 0.1) is 41.8 Å². The van der Waals surface area contributed by atoms with E-state index in [0.29, 0.717) is 28.2 Å². The Morgan fingerprint density at radius 3 is 2.67 bits per heavy atom. The summed E-state index contributed by atoms with van der Waals surface area (Å²) >= 11 is 0. The fourth-order valence-corrected chi connectivity index (χ4v) is 4.20. The van der Waals surface area contributed by atoms with Gasteiger partial charge in [0.15, 0.2) is 11.6 Å². The third kappa shape index (κ3) is 5.32. The van der Waals surface area contributed by atoms with Gasteiger partial charge in [-0.1, -0.05) is 18.2 Å². The van der Waals surface area contributed by atoms with Crippen LogP contribution >= 0.6 is 0 Å². The second kappa shape index (κ2) is 10.8. The van der Waals surface area contributed by atoms with Crippen molar-refractivity contribution in [3.63, 3.8) is 0 Å². The molecule has 2 aromatic heterocycles. The molecule has 1 aliphatic heterocycles. The molecule has 2 amide bonds. The highest BCUT2D eigenvalue weighted by molar-refractivity contribution is 6.35. The van der Waals surface area contributed by atoms with E-state index >= 15 is 0 Å². The van der Waals surface area contributed by atoms with Crippen molar-refractivity contribution in [1.29, 1.82) is 0 Å². The number of amides is 2. The fourth-order valence-electron chi connectivity index (χ4n) is 4.20. The summed E-state index contributed by atoms with van der Waals surface area (Å²) in [6.07, 6.45) is 8.44. The van der Waals surface area contributed by atoms with Crippen molar-refractivity contribution in [3.05, 3.63) is 117 Å². The van der Waals surface area contributed by atoms with Crippen molar-refractivity contribution in [2.75, 3.05) is 11.9 Å². The van der Waals surface area contributed by atoms with Crippen molar-refractivity contribution in [2.24, 2.45) is 0 Å². The van der Waals surface area contributed by atoms with Crippen LogP contribution in [0.3, 0.4) is 0 Å². The molecule has 202 valence electrons. The Kier molecular flexibility index (Phi) is 7.15. The SMILES string of the molecule is Cc1nc[nH]c1/C=C1\C(=O)Nc2cc(/C=C/CNC(=O)c3cncn(Cc4ccc(F)c(F)c4)c3=O)cc(F)c21. The fraction of sp³-hybridized carbons (Fsp3) is 0.107. The first kappa shape index (κ1) is 26.4. The van der Waals surface area contributed by atoms with Crippen molar-refractivity contribution >= 4 is 35.2 Å². The molecule has 2 aromatic carbocycles. The monoisotopic (exact) mass is 546 g/mol. The zero-order valence-corrected chi connectivity index (χ0v) is 21.0. The minimum absolute atomic E-state index is 0.00561. The van der Waals surface area contributed by atoms with E-state index in [1.165, 1.54) is 24.8 Å². The molecule has 5 rings (SSSR count). The number of aromatic amines is 1. The van der Waals surface area contributed by atoms with Crippen LogP contribution in [0.5, 0.6) is 0 Å². The Balaban J connectivity index is 1.26.